The van der Waals surface area contributed by atoms with Crippen molar-refractivity contribution >= 4 is 17.4 Å². The molecule has 2 aromatic heterocycles. The molecular formula is C22H27ClN4O. The minimum Gasteiger partial charge on any atom is -0.497 e. The summed E-state index contributed by atoms with van der Waals surface area (Å²) in [7, 11) is 5.86. The molecule has 6 heteroatoms. The lowest BCUT2D eigenvalue weighted by Gasteiger charge is -2.25. The number of rotatable bonds is 7. The van der Waals surface area contributed by atoms with Gasteiger partial charge in [0.2, 0.25) is 0 Å². The molecule has 2 heterocycles. The second-order valence-corrected chi connectivity index (χ2v) is 6.80. The summed E-state index contributed by atoms with van der Waals surface area (Å²) in [6.07, 6.45) is 3.49. The summed E-state index contributed by atoms with van der Waals surface area (Å²) < 4.78 is 5.21. The van der Waals surface area contributed by atoms with E-state index in [1.807, 2.05) is 42.6 Å². The van der Waals surface area contributed by atoms with Gasteiger partial charge >= 0.3 is 0 Å². The number of methoxy groups -OCH3 is 1. The van der Waals surface area contributed by atoms with Crippen LogP contribution in [0, 0.1) is 0 Å². The molecule has 0 amide bonds. The van der Waals surface area contributed by atoms with Gasteiger partial charge < -0.3 is 14.5 Å². The van der Waals surface area contributed by atoms with Gasteiger partial charge in [-0.15, -0.1) is 0 Å². The van der Waals surface area contributed by atoms with Crippen molar-refractivity contribution in [3.05, 3.63) is 83.8 Å². The van der Waals surface area contributed by atoms with Crippen LogP contribution in [0.15, 0.2) is 73.1 Å². The van der Waals surface area contributed by atoms with Gasteiger partial charge in [-0.1, -0.05) is 35.9 Å². The maximum Gasteiger partial charge on any atom is 0.129 e. The average Bonchev–Trinajstić information content (AvgIpc) is 2.73. The van der Waals surface area contributed by atoms with E-state index in [4.69, 9.17) is 16.3 Å². The molecule has 0 unspecified atom stereocenters. The quantitative estimate of drug-likeness (QED) is 0.552. The Labute approximate surface area is 172 Å². The van der Waals surface area contributed by atoms with Crippen molar-refractivity contribution in [1.82, 2.24) is 14.9 Å². The first kappa shape index (κ1) is 21.7. The van der Waals surface area contributed by atoms with Gasteiger partial charge in [0.05, 0.1) is 7.11 Å². The van der Waals surface area contributed by atoms with E-state index in [9.17, 15) is 0 Å². The van der Waals surface area contributed by atoms with Crippen molar-refractivity contribution in [2.24, 2.45) is 0 Å². The van der Waals surface area contributed by atoms with E-state index < -0.39 is 0 Å². The van der Waals surface area contributed by atoms with Gasteiger partial charge in [0.1, 0.15) is 16.7 Å². The van der Waals surface area contributed by atoms with E-state index in [0.29, 0.717) is 5.15 Å². The fourth-order valence-corrected chi connectivity index (χ4v) is 2.56. The third-order valence-corrected chi connectivity index (χ3v) is 4.18. The molecule has 0 N–H and O–H groups in total. The van der Waals surface area contributed by atoms with Gasteiger partial charge in [0, 0.05) is 32.0 Å². The van der Waals surface area contributed by atoms with E-state index >= 15 is 0 Å². The number of benzene rings is 1. The summed E-state index contributed by atoms with van der Waals surface area (Å²) in [5.41, 5.74) is 1.25. The number of pyridine rings is 2. The molecule has 0 aliphatic carbocycles. The fourth-order valence-electron chi connectivity index (χ4n) is 2.43. The minimum absolute atomic E-state index is 0.544. The molecule has 0 fully saturated rings. The molecule has 0 atom stereocenters. The SMILES string of the molecule is COc1ccc(CN(CCN(C)C)c2ccccn2)cc1.Clc1ccccn1. The monoisotopic (exact) mass is 398 g/mol. The number of likely N-dealkylation sites (N-methyl/N-ethyl adjacent to an activating group) is 1. The Morgan fingerprint density at radius 1 is 0.857 bits per heavy atom. The topological polar surface area (TPSA) is 41.5 Å². The van der Waals surface area contributed by atoms with Crippen molar-refractivity contribution in [1.29, 1.82) is 0 Å². The Bertz CT molecular complexity index is 783. The number of hydrogen-bond donors (Lipinski definition) is 0. The molecule has 0 radical (unpaired) electrons. The highest BCUT2D eigenvalue weighted by molar-refractivity contribution is 6.29. The summed E-state index contributed by atoms with van der Waals surface area (Å²) in [5.74, 6) is 1.89. The zero-order valence-electron chi connectivity index (χ0n) is 16.6. The summed E-state index contributed by atoms with van der Waals surface area (Å²) in [6, 6.07) is 19.6. The van der Waals surface area contributed by atoms with Crippen LogP contribution >= 0.6 is 11.6 Å². The number of aromatic nitrogens is 2. The normalized spacial score (nSPS) is 10.2. The third kappa shape index (κ3) is 7.94. The van der Waals surface area contributed by atoms with Gasteiger partial charge in [-0.05, 0) is 56.1 Å². The highest BCUT2D eigenvalue weighted by Gasteiger charge is 2.09. The highest BCUT2D eigenvalue weighted by atomic mass is 35.5. The number of nitrogens with zero attached hydrogens (tertiary/aromatic N) is 4. The molecule has 0 aliphatic heterocycles. The molecule has 0 saturated carbocycles. The molecule has 0 saturated heterocycles. The summed E-state index contributed by atoms with van der Waals surface area (Å²) >= 11 is 5.43. The van der Waals surface area contributed by atoms with Crippen LogP contribution in [0.25, 0.3) is 0 Å². The molecular weight excluding hydrogens is 372 g/mol. The first-order valence-electron chi connectivity index (χ1n) is 9.08. The molecule has 3 aromatic rings. The predicted molar refractivity (Wildman–Crippen MR) is 116 cm³/mol. The Balaban J connectivity index is 0.000000336. The Morgan fingerprint density at radius 2 is 1.54 bits per heavy atom. The van der Waals surface area contributed by atoms with Crippen molar-refractivity contribution in [3.8, 4) is 5.75 Å². The van der Waals surface area contributed by atoms with Crippen LogP contribution < -0.4 is 9.64 Å². The molecule has 148 valence electrons. The summed E-state index contributed by atoms with van der Waals surface area (Å²) in [4.78, 5) is 12.7. The highest BCUT2D eigenvalue weighted by Crippen LogP contribution is 2.16. The molecule has 3 rings (SSSR count). The van der Waals surface area contributed by atoms with Crippen molar-refractivity contribution < 1.29 is 4.74 Å². The van der Waals surface area contributed by atoms with E-state index in [0.717, 1.165) is 31.2 Å². The Kier molecular flexibility index (Phi) is 9.25. The van der Waals surface area contributed by atoms with Crippen LogP contribution in [0.3, 0.4) is 0 Å². The van der Waals surface area contributed by atoms with Crippen LogP contribution in [-0.4, -0.2) is 49.2 Å². The van der Waals surface area contributed by atoms with Crippen molar-refractivity contribution in [2.75, 3.05) is 39.2 Å². The fraction of sp³-hybridized carbons (Fsp3) is 0.273. The Morgan fingerprint density at radius 3 is 2.00 bits per heavy atom. The van der Waals surface area contributed by atoms with E-state index in [2.05, 4.69) is 52.1 Å². The molecule has 5 nitrogen and oxygen atoms in total. The minimum atomic E-state index is 0.544. The number of ether oxygens (including phenoxy) is 1. The zero-order chi connectivity index (χ0) is 20.2. The predicted octanol–water partition coefficient (Wildman–Crippen LogP) is 4.39. The third-order valence-electron chi connectivity index (χ3n) is 3.95. The van der Waals surface area contributed by atoms with Crippen LogP contribution in [0.1, 0.15) is 5.56 Å². The average molecular weight is 399 g/mol. The summed E-state index contributed by atoms with van der Waals surface area (Å²) in [5, 5.41) is 0.544. The zero-order valence-corrected chi connectivity index (χ0v) is 17.4. The molecule has 0 aliphatic rings. The molecule has 28 heavy (non-hydrogen) atoms. The lowest BCUT2D eigenvalue weighted by Crippen LogP contribution is -2.31. The standard InChI is InChI=1S/C17H23N3O.C5H4ClN/c1-19(2)12-13-20(17-6-4-5-11-18-17)14-15-7-9-16(21-3)10-8-15;6-5-3-1-2-4-7-5/h4-11H,12-14H2,1-3H3;1-4H. The van der Waals surface area contributed by atoms with Crippen LogP contribution in [-0.2, 0) is 6.54 Å². The molecule has 1 aromatic carbocycles. The van der Waals surface area contributed by atoms with Crippen molar-refractivity contribution in [3.63, 3.8) is 0 Å². The van der Waals surface area contributed by atoms with Crippen molar-refractivity contribution in [2.45, 2.75) is 6.54 Å². The second kappa shape index (κ2) is 12.0. The summed E-state index contributed by atoms with van der Waals surface area (Å²) in [6.45, 7) is 2.78. The second-order valence-electron chi connectivity index (χ2n) is 6.41. The molecule has 0 bridgehead atoms. The number of halogens is 1. The maximum absolute atomic E-state index is 5.43. The number of hydrogen-bond acceptors (Lipinski definition) is 5. The lowest BCUT2D eigenvalue weighted by atomic mass is 10.2. The molecule has 0 spiro atoms. The van der Waals surface area contributed by atoms with E-state index in [1.54, 1.807) is 19.4 Å². The first-order chi connectivity index (χ1) is 13.6. The van der Waals surface area contributed by atoms with Crippen LogP contribution in [0.2, 0.25) is 5.15 Å². The maximum atomic E-state index is 5.43. The van der Waals surface area contributed by atoms with Gasteiger partial charge in [0.25, 0.3) is 0 Å². The largest absolute Gasteiger partial charge is 0.497 e. The Hall–Kier alpha value is -2.63. The smallest absolute Gasteiger partial charge is 0.129 e. The van der Waals surface area contributed by atoms with Gasteiger partial charge in [-0.25, -0.2) is 9.97 Å². The van der Waals surface area contributed by atoms with Gasteiger partial charge in [-0.2, -0.15) is 0 Å². The van der Waals surface area contributed by atoms with E-state index in [-0.39, 0.29) is 0 Å². The number of anilines is 1. The lowest BCUT2D eigenvalue weighted by molar-refractivity contribution is 0.411. The van der Waals surface area contributed by atoms with Crippen LogP contribution in [0.5, 0.6) is 5.75 Å². The van der Waals surface area contributed by atoms with Crippen LogP contribution in [0.4, 0.5) is 5.82 Å². The first-order valence-corrected chi connectivity index (χ1v) is 9.46. The van der Waals surface area contributed by atoms with Gasteiger partial charge in [-0.3, -0.25) is 0 Å². The van der Waals surface area contributed by atoms with Gasteiger partial charge in [0.15, 0.2) is 0 Å². The van der Waals surface area contributed by atoms with E-state index in [1.165, 1.54) is 5.56 Å².